The van der Waals surface area contributed by atoms with Crippen LogP contribution in [0.25, 0.3) is 0 Å². The lowest BCUT2D eigenvalue weighted by Gasteiger charge is -2.33. The summed E-state index contributed by atoms with van der Waals surface area (Å²) < 4.78 is 0.915. The SMILES string of the molecule is CCc1ccccc1NC(=O)c1c(NC(=O)c2ccc(Br)cc2)sc2c1CCC(C(C)(C)C)C2. The van der Waals surface area contributed by atoms with Crippen LogP contribution in [0.5, 0.6) is 0 Å². The standard InChI is InChI=1S/C28H31BrN2O2S/c1-5-17-8-6-7-9-22(17)30-26(33)24-21-15-12-19(28(2,3)4)16-23(21)34-27(24)31-25(32)18-10-13-20(29)14-11-18/h6-11,13-14,19H,5,12,15-16H2,1-4H3,(H,30,33)(H,31,32). The topological polar surface area (TPSA) is 58.2 Å². The molecule has 1 aliphatic rings. The highest BCUT2D eigenvalue weighted by Crippen LogP contribution is 2.44. The molecule has 0 aliphatic heterocycles. The second-order valence-corrected chi connectivity index (χ2v) is 12.0. The van der Waals surface area contributed by atoms with Gasteiger partial charge in [0.25, 0.3) is 11.8 Å². The molecule has 1 unspecified atom stereocenters. The number of thiophene rings is 1. The number of aryl methyl sites for hydroxylation is 1. The Hall–Kier alpha value is -2.44. The van der Waals surface area contributed by atoms with Crippen LogP contribution < -0.4 is 10.6 Å². The largest absolute Gasteiger partial charge is 0.322 e. The number of hydrogen-bond acceptors (Lipinski definition) is 3. The summed E-state index contributed by atoms with van der Waals surface area (Å²) in [5, 5.41) is 6.82. The first kappa shape index (κ1) is 24.7. The van der Waals surface area contributed by atoms with Crippen LogP contribution in [-0.2, 0) is 19.3 Å². The van der Waals surface area contributed by atoms with Crippen molar-refractivity contribution in [1.82, 2.24) is 0 Å². The first-order chi connectivity index (χ1) is 16.2. The number of nitrogens with one attached hydrogen (secondary N) is 2. The Kier molecular flexibility index (Phi) is 7.29. The smallest absolute Gasteiger partial charge is 0.258 e. The van der Waals surface area contributed by atoms with Gasteiger partial charge >= 0.3 is 0 Å². The lowest BCUT2D eigenvalue weighted by molar-refractivity contribution is 0.102. The summed E-state index contributed by atoms with van der Waals surface area (Å²) >= 11 is 4.97. The maximum absolute atomic E-state index is 13.6. The molecule has 4 rings (SSSR count). The maximum Gasteiger partial charge on any atom is 0.258 e. The van der Waals surface area contributed by atoms with E-state index in [4.69, 9.17) is 0 Å². The van der Waals surface area contributed by atoms with E-state index in [0.717, 1.165) is 47.0 Å². The van der Waals surface area contributed by atoms with Crippen molar-refractivity contribution in [3.8, 4) is 0 Å². The summed E-state index contributed by atoms with van der Waals surface area (Å²) in [5.74, 6) is 0.186. The Labute approximate surface area is 214 Å². The minimum absolute atomic E-state index is 0.154. The lowest BCUT2D eigenvalue weighted by Crippen LogP contribution is -2.27. The molecule has 6 heteroatoms. The second-order valence-electron chi connectivity index (χ2n) is 9.94. The van der Waals surface area contributed by atoms with Gasteiger partial charge in [0.15, 0.2) is 0 Å². The quantitative estimate of drug-likeness (QED) is 0.349. The Morgan fingerprint density at radius 3 is 2.41 bits per heavy atom. The fourth-order valence-electron chi connectivity index (χ4n) is 4.57. The lowest BCUT2D eigenvalue weighted by atomic mass is 9.72. The van der Waals surface area contributed by atoms with E-state index >= 15 is 0 Å². The molecule has 0 fully saturated rings. The molecule has 3 aromatic rings. The molecule has 1 heterocycles. The van der Waals surface area contributed by atoms with Crippen LogP contribution in [0.4, 0.5) is 10.7 Å². The van der Waals surface area contributed by atoms with E-state index in [1.54, 1.807) is 23.5 Å². The van der Waals surface area contributed by atoms with Crippen molar-refractivity contribution in [2.45, 2.75) is 53.4 Å². The average Bonchev–Trinajstić information content (AvgIpc) is 3.16. The van der Waals surface area contributed by atoms with Gasteiger partial charge in [-0.2, -0.15) is 0 Å². The van der Waals surface area contributed by atoms with Crippen LogP contribution in [0.15, 0.2) is 53.0 Å². The van der Waals surface area contributed by atoms with Crippen molar-refractivity contribution in [3.05, 3.63) is 80.1 Å². The maximum atomic E-state index is 13.6. The molecule has 0 saturated carbocycles. The molecule has 1 aromatic heterocycles. The first-order valence-electron chi connectivity index (χ1n) is 11.8. The highest BCUT2D eigenvalue weighted by molar-refractivity contribution is 9.10. The van der Waals surface area contributed by atoms with E-state index in [-0.39, 0.29) is 17.2 Å². The van der Waals surface area contributed by atoms with Crippen LogP contribution in [0, 0.1) is 11.3 Å². The first-order valence-corrected chi connectivity index (χ1v) is 13.4. The van der Waals surface area contributed by atoms with E-state index in [9.17, 15) is 9.59 Å². The van der Waals surface area contributed by atoms with E-state index in [2.05, 4.69) is 54.3 Å². The van der Waals surface area contributed by atoms with Gasteiger partial charge in [-0.25, -0.2) is 0 Å². The number of rotatable bonds is 5. The number of carbonyl (C=O) groups excluding carboxylic acids is 2. The molecule has 0 radical (unpaired) electrons. The third-order valence-corrected chi connectivity index (χ3v) is 8.40. The third-order valence-electron chi connectivity index (χ3n) is 6.70. The molecule has 2 amide bonds. The highest BCUT2D eigenvalue weighted by Gasteiger charge is 2.34. The minimum Gasteiger partial charge on any atom is -0.322 e. The van der Waals surface area contributed by atoms with E-state index < -0.39 is 0 Å². The number of para-hydroxylation sites is 1. The number of halogens is 1. The molecule has 0 spiro atoms. The van der Waals surface area contributed by atoms with Gasteiger partial charge in [-0.05, 0) is 78.5 Å². The predicted molar refractivity (Wildman–Crippen MR) is 145 cm³/mol. The van der Waals surface area contributed by atoms with Crippen molar-refractivity contribution in [2.24, 2.45) is 11.3 Å². The van der Waals surface area contributed by atoms with Crippen LogP contribution in [0.1, 0.15) is 70.8 Å². The van der Waals surface area contributed by atoms with Crippen LogP contribution in [0.2, 0.25) is 0 Å². The Morgan fingerprint density at radius 2 is 1.74 bits per heavy atom. The van der Waals surface area contributed by atoms with Gasteiger partial charge in [-0.1, -0.05) is 61.8 Å². The number of benzene rings is 2. The summed E-state index contributed by atoms with van der Waals surface area (Å²) in [6, 6.07) is 15.1. The monoisotopic (exact) mass is 538 g/mol. The van der Waals surface area contributed by atoms with Crippen molar-refractivity contribution in [3.63, 3.8) is 0 Å². The normalized spacial score (nSPS) is 15.5. The van der Waals surface area contributed by atoms with Gasteiger partial charge < -0.3 is 10.6 Å². The van der Waals surface area contributed by atoms with Gasteiger partial charge in [0.2, 0.25) is 0 Å². The Morgan fingerprint density at radius 1 is 1.03 bits per heavy atom. The van der Waals surface area contributed by atoms with Crippen LogP contribution in [-0.4, -0.2) is 11.8 Å². The second kappa shape index (κ2) is 10.0. The molecule has 0 saturated heterocycles. The van der Waals surface area contributed by atoms with Crippen molar-refractivity contribution in [1.29, 1.82) is 0 Å². The molecule has 1 atom stereocenters. The van der Waals surface area contributed by atoms with Crippen LogP contribution in [0.3, 0.4) is 0 Å². The summed E-state index contributed by atoms with van der Waals surface area (Å²) in [7, 11) is 0. The number of carbonyl (C=O) groups is 2. The van der Waals surface area contributed by atoms with Crippen molar-refractivity contribution >= 4 is 49.8 Å². The van der Waals surface area contributed by atoms with E-state index in [1.807, 2.05) is 36.4 Å². The van der Waals surface area contributed by atoms with E-state index in [0.29, 0.717) is 22.0 Å². The molecular formula is C28H31BrN2O2S. The number of hydrogen-bond donors (Lipinski definition) is 2. The fraction of sp³-hybridized carbons (Fsp3) is 0.357. The molecule has 2 N–H and O–H groups in total. The van der Waals surface area contributed by atoms with Gasteiger partial charge in [-0.3, -0.25) is 9.59 Å². The van der Waals surface area contributed by atoms with Crippen LogP contribution >= 0.6 is 27.3 Å². The van der Waals surface area contributed by atoms with Gasteiger partial charge in [0.1, 0.15) is 5.00 Å². The third kappa shape index (κ3) is 5.28. The molecule has 1 aliphatic carbocycles. The Bertz CT molecular complexity index is 1210. The summed E-state index contributed by atoms with van der Waals surface area (Å²) in [4.78, 5) is 27.9. The van der Waals surface area contributed by atoms with Crippen molar-refractivity contribution < 1.29 is 9.59 Å². The van der Waals surface area contributed by atoms with Gasteiger partial charge in [-0.15, -0.1) is 11.3 Å². The molecule has 178 valence electrons. The summed E-state index contributed by atoms with van der Waals surface area (Å²) in [6.07, 6.45) is 3.65. The summed E-state index contributed by atoms with van der Waals surface area (Å²) in [6.45, 7) is 8.92. The molecule has 34 heavy (non-hydrogen) atoms. The van der Waals surface area contributed by atoms with Gasteiger partial charge in [0, 0.05) is 20.6 Å². The predicted octanol–water partition coefficient (Wildman–Crippen LogP) is 7.73. The molecule has 4 nitrogen and oxygen atoms in total. The highest BCUT2D eigenvalue weighted by atomic mass is 79.9. The van der Waals surface area contributed by atoms with E-state index in [1.165, 1.54) is 4.88 Å². The van der Waals surface area contributed by atoms with Gasteiger partial charge in [0.05, 0.1) is 5.56 Å². The Balaban J connectivity index is 1.69. The number of amides is 2. The zero-order valence-electron chi connectivity index (χ0n) is 20.1. The summed E-state index contributed by atoms with van der Waals surface area (Å²) in [5.41, 5.74) is 4.37. The minimum atomic E-state index is -0.207. The molecular weight excluding hydrogens is 508 g/mol. The average molecular weight is 540 g/mol. The number of anilines is 2. The zero-order valence-corrected chi connectivity index (χ0v) is 22.5. The molecule has 0 bridgehead atoms. The number of fused-ring (bicyclic) bond motifs is 1. The zero-order chi connectivity index (χ0) is 24.5. The molecule has 2 aromatic carbocycles. The van der Waals surface area contributed by atoms with Crippen molar-refractivity contribution in [2.75, 3.05) is 10.6 Å². The fourth-order valence-corrected chi connectivity index (χ4v) is 6.15.